The zero-order valence-electron chi connectivity index (χ0n) is 34.6. The third-order valence-corrected chi connectivity index (χ3v) is 11.4. The van der Waals surface area contributed by atoms with E-state index in [0.717, 1.165) is 39.0 Å². The molecule has 1 amide bonds. The number of amides is 1. The summed E-state index contributed by atoms with van der Waals surface area (Å²) in [5.74, 6) is 1.12. The molecule has 5 aromatic rings. The Hall–Kier alpha value is -6.82. The molecule has 0 saturated carbocycles. The molecule has 0 unspecified atom stereocenters. The highest BCUT2D eigenvalue weighted by atomic mass is 19.2. The standard InChI is InChI=1S/C48H47BF2N4O5/c1-7-41-31(3)46-45(36-17-19-37(20-18-36)48(56)52-30-29-35-9-21-38(22-10-35)55(57)58)47-32(4)42(8-2)44(28-16-34-13-25-40(60-6)26-14-34)54(47)49(50,51)53(46)43(41)27-15-33-11-23-39(59-5)24-12-33/h9-28H,7-8,29-30H2,1-6H3,(H,52,56)/b27-15+,28-16+. The molecule has 0 saturated heterocycles. The molecule has 0 bridgehead atoms. The molecule has 3 heterocycles. The molecular formula is C48H47BF2N4O5. The quantitative estimate of drug-likeness (QED) is 0.0684. The Bertz CT molecular complexity index is 2620. The van der Waals surface area contributed by atoms with Gasteiger partial charge in [0, 0.05) is 52.9 Å². The first-order chi connectivity index (χ1) is 28.9. The zero-order valence-corrected chi connectivity index (χ0v) is 34.6. The number of nitrogens with zero attached hydrogens (tertiary/aromatic N) is 3. The van der Waals surface area contributed by atoms with E-state index in [9.17, 15) is 14.9 Å². The number of non-ortho nitro benzene ring substituents is 1. The summed E-state index contributed by atoms with van der Waals surface area (Å²) in [4.78, 5) is 23.9. The van der Waals surface area contributed by atoms with Gasteiger partial charge >= 0.3 is 6.97 Å². The van der Waals surface area contributed by atoms with Crippen molar-refractivity contribution in [3.63, 3.8) is 0 Å². The van der Waals surface area contributed by atoms with Gasteiger partial charge in [-0.1, -0.05) is 68.5 Å². The van der Waals surface area contributed by atoms with E-state index >= 15 is 8.63 Å². The predicted octanol–water partition coefficient (Wildman–Crippen LogP) is 10.3. The lowest BCUT2D eigenvalue weighted by atomic mass is 9.83. The minimum atomic E-state index is -4.44. The molecule has 0 aliphatic carbocycles. The third kappa shape index (κ3) is 7.72. The summed E-state index contributed by atoms with van der Waals surface area (Å²) < 4.78 is 49.1. The van der Waals surface area contributed by atoms with Crippen LogP contribution in [-0.4, -0.2) is 53.2 Å². The fourth-order valence-electron chi connectivity index (χ4n) is 8.36. The number of aromatic nitrogens is 1. The summed E-state index contributed by atoms with van der Waals surface area (Å²) in [5, 5.41) is 14.0. The van der Waals surface area contributed by atoms with Crippen molar-refractivity contribution < 1.29 is 32.3 Å². The first-order valence-corrected chi connectivity index (χ1v) is 20.1. The number of nitro benzene ring substituents is 1. The number of methoxy groups -OCH3 is 2. The van der Waals surface area contributed by atoms with E-state index in [2.05, 4.69) is 5.32 Å². The van der Waals surface area contributed by atoms with Crippen LogP contribution in [0, 0.1) is 17.0 Å². The predicted molar refractivity (Wildman–Crippen MR) is 236 cm³/mol. The van der Waals surface area contributed by atoms with Crippen LogP contribution in [0.2, 0.25) is 0 Å². The van der Waals surface area contributed by atoms with Crippen LogP contribution in [0.1, 0.15) is 82.3 Å². The zero-order chi connectivity index (χ0) is 42.7. The number of hydrogen-bond donors (Lipinski definition) is 1. The first kappa shape index (κ1) is 41.3. The molecule has 1 aromatic heterocycles. The van der Waals surface area contributed by atoms with Gasteiger partial charge in [-0.15, -0.1) is 0 Å². The lowest BCUT2D eigenvalue weighted by molar-refractivity contribution is -0.384. The molecule has 306 valence electrons. The SMILES string of the molecule is CCC1=C(C)C2=C(c3ccc(C(=O)NCCc4ccc([N+](=O)[O-])cc4)cc3)c3c(C)c(CC)c(/C=C/c4ccc(OC)cc4)n3[B-](F)(F)[N+]2=C1/C=C/c1ccc(OC)cc1. The van der Waals surface area contributed by atoms with Crippen molar-refractivity contribution in [1.82, 2.24) is 9.79 Å². The summed E-state index contributed by atoms with van der Waals surface area (Å²) >= 11 is 0. The molecule has 0 radical (unpaired) electrons. The number of ether oxygens (including phenoxy) is 2. The van der Waals surface area contributed by atoms with Gasteiger partial charge in [0.15, 0.2) is 11.4 Å². The monoisotopic (exact) mass is 808 g/mol. The second-order valence-electron chi connectivity index (χ2n) is 14.8. The molecule has 0 atom stereocenters. The van der Waals surface area contributed by atoms with Crippen molar-refractivity contribution >= 4 is 48.1 Å². The largest absolute Gasteiger partial charge is 0.737 e. The number of hydrogen-bond acceptors (Lipinski definition) is 5. The number of benzene rings is 4. The lowest BCUT2D eigenvalue weighted by Crippen LogP contribution is -2.51. The highest BCUT2D eigenvalue weighted by Crippen LogP contribution is 2.48. The van der Waals surface area contributed by atoms with Crippen LogP contribution in [-0.2, 0) is 12.8 Å². The third-order valence-electron chi connectivity index (χ3n) is 11.4. The van der Waals surface area contributed by atoms with E-state index in [0.29, 0.717) is 76.8 Å². The molecule has 7 rings (SSSR count). The molecule has 0 fully saturated rings. The second-order valence-corrected chi connectivity index (χ2v) is 14.8. The number of nitrogens with one attached hydrogen (secondary N) is 1. The normalized spacial score (nSPS) is 14.6. The Morgan fingerprint density at radius 2 is 1.40 bits per heavy atom. The topological polar surface area (TPSA) is 98.6 Å². The van der Waals surface area contributed by atoms with E-state index in [4.69, 9.17) is 9.47 Å². The summed E-state index contributed by atoms with van der Waals surface area (Å²) in [7, 11) is 3.20. The van der Waals surface area contributed by atoms with Gasteiger partial charge in [-0.25, -0.2) is 0 Å². The first-order valence-electron chi connectivity index (χ1n) is 20.1. The molecule has 0 spiro atoms. The van der Waals surface area contributed by atoms with Gasteiger partial charge in [0.05, 0.1) is 24.7 Å². The fraction of sp³-hybridized carbons (Fsp3) is 0.208. The molecule has 1 N–H and O–H groups in total. The fourth-order valence-corrected chi connectivity index (χ4v) is 8.36. The van der Waals surface area contributed by atoms with Crippen molar-refractivity contribution in [2.24, 2.45) is 0 Å². The minimum Gasteiger partial charge on any atom is -0.497 e. The van der Waals surface area contributed by atoms with Crippen LogP contribution >= 0.6 is 0 Å². The molecule has 12 heteroatoms. The Morgan fingerprint density at radius 1 is 0.817 bits per heavy atom. The van der Waals surface area contributed by atoms with Gasteiger partial charge in [0.25, 0.3) is 11.6 Å². The summed E-state index contributed by atoms with van der Waals surface area (Å²) in [6, 6.07) is 28.3. The van der Waals surface area contributed by atoms with E-state index in [1.165, 1.54) is 21.1 Å². The van der Waals surface area contributed by atoms with Crippen molar-refractivity contribution in [3.8, 4) is 11.5 Å². The lowest BCUT2D eigenvalue weighted by Gasteiger charge is -2.34. The van der Waals surface area contributed by atoms with Crippen LogP contribution < -0.4 is 14.8 Å². The maximum absolute atomic E-state index is 18.0. The number of carbonyl (C=O) groups is 1. The van der Waals surface area contributed by atoms with Gasteiger partial charge in [-0.3, -0.25) is 14.9 Å². The second kappa shape index (κ2) is 17.2. The van der Waals surface area contributed by atoms with Crippen LogP contribution in [0.5, 0.6) is 11.5 Å². The Balaban J connectivity index is 1.34. The highest BCUT2D eigenvalue weighted by molar-refractivity contribution is 6.59. The van der Waals surface area contributed by atoms with E-state index in [1.807, 2.05) is 101 Å². The van der Waals surface area contributed by atoms with E-state index in [-0.39, 0.29) is 11.6 Å². The van der Waals surface area contributed by atoms with Crippen molar-refractivity contribution in [1.29, 1.82) is 0 Å². The average Bonchev–Trinajstić information content (AvgIpc) is 3.72. The van der Waals surface area contributed by atoms with Crippen molar-refractivity contribution in [2.75, 3.05) is 20.8 Å². The van der Waals surface area contributed by atoms with E-state index < -0.39 is 11.9 Å². The molecule has 2 aliphatic heterocycles. The van der Waals surface area contributed by atoms with Crippen LogP contribution in [0.3, 0.4) is 0 Å². The number of fused-ring (bicyclic) bond motifs is 2. The number of rotatable bonds is 14. The molecule has 60 heavy (non-hydrogen) atoms. The summed E-state index contributed by atoms with van der Waals surface area (Å²) in [6.45, 7) is 3.71. The molecule has 2 aliphatic rings. The summed E-state index contributed by atoms with van der Waals surface area (Å²) in [5.41, 5.74) is 9.32. The van der Waals surface area contributed by atoms with Crippen molar-refractivity contribution in [2.45, 2.75) is 47.0 Å². The number of carbonyl (C=O) groups excluding carboxylic acids is 1. The van der Waals surface area contributed by atoms with Crippen LogP contribution in [0.25, 0.3) is 23.8 Å². The van der Waals surface area contributed by atoms with Crippen LogP contribution in [0.4, 0.5) is 14.3 Å². The number of allylic oxidation sites excluding steroid dienone is 3. The number of halogens is 2. The average molecular weight is 809 g/mol. The Morgan fingerprint density at radius 3 is 1.93 bits per heavy atom. The van der Waals surface area contributed by atoms with E-state index in [1.54, 1.807) is 50.6 Å². The number of nitro groups is 1. The van der Waals surface area contributed by atoms with Gasteiger partial charge in [0.1, 0.15) is 11.5 Å². The van der Waals surface area contributed by atoms with Crippen LogP contribution in [0.15, 0.2) is 120 Å². The van der Waals surface area contributed by atoms with Crippen molar-refractivity contribution in [3.05, 3.63) is 180 Å². The Kier molecular flexibility index (Phi) is 11.8. The van der Waals surface area contributed by atoms with Gasteiger partial charge < -0.3 is 32.4 Å². The van der Waals surface area contributed by atoms with Gasteiger partial charge in [-0.05, 0) is 115 Å². The molecule has 9 nitrogen and oxygen atoms in total. The molecular weight excluding hydrogens is 761 g/mol. The smallest absolute Gasteiger partial charge is 0.497 e. The minimum absolute atomic E-state index is 0.00717. The summed E-state index contributed by atoms with van der Waals surface area (Å²) in [6.07, 6.45) is 8.87. The highest BCUT2D eigenvalue weighted by Gasteiger charge is 2.57. The van der Waals surface area contributed by atoms with Gasteiger partial charge in [0.2, 0.25) is 0 Å². The maximum Gasteiger partial charge on any atom is 0.737 e. The molecule has 4 aromatic carbocycles. The maximum atomic E-state index is 18.0. The van der Waals surface area contributed by atoms with Gasteiger partial charge in [-0.2, -0.15) is 0 Å². The Labute approximate surface area is 348 Å².